The molecule has 0 N–H and O–H groups in total. The third-order valence-electron chi connectivity index (χ3n) is 3.18. The maximum atomic E-state index is 12.5. The lowest BCUT2D eigenvalue weighted by Gasteiger charge is -2.15. The van der Waals surface area contributed by atoms with Crippen molar-refractivity contribution in [3.63, 3.8) is 0 Å². The number of nitro groups is 1. The van der Waals surface area contributed by atoms with E-state index in [-0.39, 0.29) is 16.8 Å². The van der Waals surface area contributed by atoms with Crippen LogP contribution >= 0.6 is 15.9 Å². The SMILES string of the molecule is O=C1c2cccc([N+](=O)[O-])c2C(=O)N1c1ccccc1Br. The Labute approximate surface area is 127 Å². The summed E-state index contributed by atoms with van der Waals surface area (Å²) in [6.45, 7) is 0. The molecule has 0 fully saturated rings. The number of halogens is 1. The first-order valence-electron chi connectivity index (χ1n) is 5.93. The van der Waals surface area contributed by atoms with Gasteiger partial charge in [-0.05, 0) is 34.1 Å². The number of hydrogen-bond donors (Lipinski definition) is 0. The number of fused-ring (bicyclic) bond motifs is 1. The van der Waals surface area contributed by atoms with Crippen LogP contribution in [0.3, 0.4) is 0 Å². The molecule has 104 valence electrons. The lowest BCUT2D eigenvalue weighted by molar-refractivity contribution is -0.385. The zero-order valence-electron chi connectivity index (χ0n) is 10.4. The zero-order valence-corrected chi connectivity index (χ0v) is 12.0. The molecule has 0 aliphatic carbocycles. The lowest BCUT2D eigenvalue weighted by atomic mass is 10.1. The van der Waals surface area contributed by atoms with Gasteiger partial charge in [0.05, 0.1) is 16.2 Å². The van der Waals surface area contributed by atoms with E-state index >= 15 is 0 Å². The van der Waals surface area contributed by atoms with Crippen molar-refractivity contribution in [2.75, 3.05) is 4.90 Å². The van der Waals surface area contributed by atoms with Crippen LogP contribution in [-0.4, -0.2) is 16.7 Å². The Morgan fingerprint density at radius 2 is 1.71 bits per heavy atom. The molecule has 2 aromatic rings. The molecule has 3 rings (SSSR count). The van der Waals surface area contributed by atoms with Gasteiger partial charge in [-0.3, -0.25) is 19.7 Å². The number of para-hydroxylation sites is 1. The van der Waals surface area contributed by atoms with Crippen molar-refractivity contribution in [2.24, 2.45) is 0 Å². The van der Waals surface area contributed by atoms with Gasteiger partial charge in [0.1, 0.15) is 5.56 Å². The molecule has 0 aromatic heterocycles. The van der Waals surface area contributed by atoms with Crippen LogP contribution < -0.4 is 4.90 Å². The fourth-order valence-corrected chi connectivity index (χ4v) is 2.73. The number of carbonyl (C=O) groups is 2. The second kappa shape index (κ2) is 4.78. The van der Waals surface area contributed by atoms with Gasteiger partial charge in [0.15, 0.2) is 0 Å². The molecule has 6 nitrogen and oxygen atoms in total. The number of amides is 2. The summed E-state index contributed by atoms with van der Waals surface area (Å²) < 4.78 is 0.558. The molecule has 0 saturated carbocycles. The van der Waals surface area contributed by atoms with Crippen molar-refractivity contribution in [3.8, 4) is 0 Å². The number of benzene rings is 2. The van der Waals surface area contributed by atoms with E-state index in [2.05, 4.69) is 15.9 Å². The number of nitrogens with zero attached hydrogens (tertiary/aromatic N) is 2. The minimum absolute atomic E-state index is 0.0463. The Balaban J connectivity index is 2.21. The molecule has 0 spiro atoms. The second-order valence-electron chi connectivity index (χ2n) is 4.35. The number of anilines is 1. The molecule has 1 heterocycles. The summed E-state index contributed by atoms with van der Waals surface area (Å²) in [7, 11) is 0. The first kappa shape index (κ1) is 13.4. The van der Waals surface area contributed by atoms with Crippen molar-refractivity contribution in [1.82, 2.24) is 0 Å². The first-order valence-corrected chi connectivity index (χ1v) is 6.72. The number of imide groups is 1. The Morgan fingerprint density at radius 1 is 1.00 bits per heavy atom. The number of hydrogen-bond acceptors (Lipinski definition) is 4. The molecular weight excluding hydrogens is 340 g/mol. The van der Waals surface area contributed by atoms with Crippen LogP contribution in [0.15, 0.2) is 46.9 Å². The number of rotatable bonds is 2. The van der Waals surface area contributed by atoms with Gasteiger partial charge in [-0.25, -0.2) is 4.90 Å². The van der Waals surface area contributed by atoms with Crippen LogP contribution in [0.1, 0.15) is 20.7 Å². The summed E-state index contributed by atoms with van der Waals surface area (Å²) in [5, 5.41) is 11.0. The molecule has 0 unspecified atom stereocenters. The van der Waals surface area contributed by atoms with E-state index in [0.717, 1.165) is 4.90 Å². The van der Waals surface area contributed by atoms with Crippen LogP contribution in [0, 0.1) is 10.1 Å². The molecule has 2 aromatic carbocycles. The van der Waals surface area contributed by atoms with E-state index in [1.807, 2.05) is 0 Å². The molecule has 2 amide bonds. The summed E-state index contributed by atoms with van der Waals surface area (Å²) in [6.07, 6.45) is 0. The fraction of sp³-hybridized carbons (Fsp3) is 0. The zero-order chi connectivity index (χ0) is 15.1. The standard InChI is InChI=1S/C14H7BrN2O4/c15-9-5-1-2-6-10(9)16-13(18)8-4-3-7-11(17(20)21)12(8)14(16)19/h1-7H. The summed E-state index contributed by atoms with van der Waals surface area (Å²) in [6, 6.07) is 10.7. The molecule has 7 heteroatoms. The van der Waals surface area contributed by atoms with Gasteiger partial charge in [-0.15, -0.1) is 0 Å². The van der Waals surface area contributed by atoms with E-state index in [0.29, 0.717) is 10.2 Å². The number of nitro benzene ring substituents is 1. The van der Waals surface area contributed by atoms with Gasteiger partial charge >= 0.3 is 0 Å². The predicted molar refractivity (Wildman–Crippen MR) is 78.4 cm³/mol. The molecule has 1 aliphatic rings. The minimum Gasteiger partial charge on any atom is -0.268 e. The molecule has 0 atom stereocenters. The Bertz CT molecular complexity index is 803. The summed E-state index contributed by atoms with van der Waals surface area (Å²) in [5.41, 5.74) is -0.119. The third kappa shape index (κ3) is 1.93. The average molecular weight is 347 g/mol. The van der Waals surface area contributed by atoms with E-state index < -0.39 is 16.7 Å². The van der Waals surface area contributed by atoms with Gasteiger partial charge in [0.2, 0.25) is 0 Å². The van der Waals surface area contributed by atoms with Gasteiger partial charge in [-0.2, -0.15) is 0 Å². The van der Waals surface area contributed by atoms with Gasteiger partial charge < -0.3 is 0 Å². The molecule has 0 saturated heterocycles. The maximum Gasteiger partial charge on any atom is 0.283 e. The molecule has 0 radical (unpaired) electrons. The average Bonchev–Trinajstić information content (AvgIpc) is 2.72. The second-order valence-corrected chi connectivity index (χ2v) is 5.21. The minimum atomic E-state index is -0.686. The summed E-state index contributed by atoms with van der Waals surface area (Å²) in [5.74, 6) is -1.25. The molecule has 1 aliphatic heterocycles. The van der Waals surface area contributed by atoms with E-state index in [1.165, 1.54) is 18.2 Å². The topological polar surface area (TPSA) is 80.5 Å². The predicted octanol–water partition coefficient (Wildman–Crippen LogP) is 3.16. The Hall–Kier alpha value is -2.54. The van der Waals surface area contributed by atoms with E-state index in [9.17, 15) is 19.7 Å². The third-order valence-corrected chi connectivity index (χ3v) is 3.85. The van der Waals surface area contributed by atoms with Gasteiger partial charge in [0, 0.05) is 10.5 Å². The largest absolute Gasteiger partial charge is 0.283 e. The highest BCUT2D eigenvalue weighted by Crippen LogP contribution is 2.36. The number of carbonyl (C=O) groups excluding carboxylic acids is 2. The lowest BCUT2D eigenvalue weighted by Crippen LogP contribution is -2.29. The highest BCUT2D eigenvalue weighted by atomic mass is 79.9. The van der Waals surface area contributed by atoms with Crippen molar-refractivity contribution in [3.05, 3.63) is 68.2 Å². The van der Waals surface area contributed by atoms with Crippen molar-refractivity contribution in [1.29, 1.82) is 0 Å². The van der Waals surface area contributed by atoms with Gasteiger partial charge in [-0.1, -0.05) is 18.2 Å². The quantitative estimate of drug-likeness (QED) is 0.475. The fourth-order valence-electron chi connectivity index (χ4n) is 2.27. The normalized spacial score (nSPS) is 13.5. The maximum absolute atomic E-state index is 12.5. The summed E-state index contributed by atoms with van der Waals surface area (Å²) in [4.78, 5) is 36.2. The Kier molecular flexibility index (Phi) is 3.06. The van der Waals surface area contributed by atoms with Crippen LogP contribution in [0.2, 0.25) is 0 Å². The van der Waals surface area contributed by atoms with Gasteiger partial charge in [0.25, 0.3) is 17.5 Å². The van der Waals surface area contributed by atoms with Crippen molar-refractivity contribution in [2.45, 2.75) is 0 Å². The first-order chi connectivity index (χ1) is 10.0. The highest BCUT2D eigenvalue weighted by Gasteiger charge is 2.42. The molecular formula is C14H7BrN2O4. The van der Waals surface area contributed by atoms with Crippen LogP contribution in [0.4, 0.5) is 11.4 Å². The monoisotopic (exact) mass is 346 g/mol. The van der Waals surface area contributed by atoms with E-state index in [4.69, 9.17) is 0 Å². The van der Waals surface area contributed by atoms with Crippen LogP contribution in [-0.2, 0) is 0 Å². The molecule has 21 heavy (non-hydrogen) atoms. The van der Waals surface area contributed by atoms with Crippen LogP contribution in [0.5, 0.6) is 0 Å². The van der Waals surface area contributed by atoms with Crippen LogP contribution in [0.25, 0.3) is 0 Å². The van der Waals surface area contributed by atoms with E-state index in [1.54, 1.807) is 24.3 Å². The van der Waals surface area contributed by atoms with Crippen molar-refractivity contribution >= 4 is 39.1 Å². The molecule has 0 bridgehead atoms. The highest BCUT2D eigenvalue weighted by molar-refractivity contribution is 9.10. The smallest absolute Gasteiger partial charge is 0.268 e. The summed E-state index contributed by atoms with van der Waals surface area (Å²) >= 11 is 3.27. The van der Waals surface area contributed by atoms with Crippen molar-refractivity contribution < 1.29 is 14.5 Å². The Morgan fingerprint density at radius 3 is 2.38 bits per heavy atom.